The van der Waals surface area contributed by atoms with Crippen molar-refractivity contribution in [2.24, 2.45) is 10.9 Å². The van der Waals surface area contributed by atoms with Crippen LogP contribution in [0.4, 0.5) is 5.82 Å². The van der Waals surface area contributed by atoms with Gasteiger partial charge in [0.15, 0.2) is 5.96 Å². The molecular formula is C18H31IN6. The molecule has 6 nitrogen and oxygen atoms in total. The van der Waals surface area contributed by atoms with Gasteiger partial charge < -0.3 is 15.5 Å². The molecule has 140 valence electrons. The number of pyridine rings is 1. The van der Waals surface area contributed by atoms with E-state index in [1.54, 1.807) is 0 Å². The standard InChI is InChI=1S/C18H30N6.HI/c1-13-11-24(15-8-9-15)12-16(13)22-18(19-2)20-10-14-6-5-7-17(21-14)23(3)4;/h5-7,13,15-16H,8-12H2,1-4H3,(H2,19,20,22);1H. The van der Waals surface area contributed by atoms with Gasteiger partial charge in [0, 0.05) is 46.3 Å². The lowest BCUT2D eigenvalue weighted by Gasteiger charge is -2.20. The van der Waals surface area contributed by atoms with E-state index in [1.165, 1.54) is 19.4 Å². The van der Waals surface area contributed by atoms with Crippen LogP contribution in [0, 0.1) is 5.92 Å². The highest BCUT2D eigenvalue weighted by molar-refractivity contribution is 14.0. The van der Waals surface area contributed by atoms with Gasteiger partial charge in [0.1, 0.15) is 5.82 Å². The van der Waals surface area contributed by atoms with E-state index in [9.17, 15) is 0 Å². The Kier molecular flexibility index (Phi) is 7.30. The van der Waals surface area contributed by atoms with E-state index in [0.717, 1.165) is 30.1 Å². The first-order valence-corrected chi connectivity index (χ1v) is 8.91. The van der Waals surface area contributed by atoms with E-state index in [2.05, 4.69) is 32.4 Å². The van der Waals surface area contributed by atoms with Crippen LogP contribution in [0.1, 0.15) is 25.5 Å². The van der Waals surface area contributed by atoms with E-state index in [1.807, 2.05) is 44.2 Å². The Morgan fingerprint density at radius 2 is 2.08 bits per heavy atom. The summed E-state index contributed by atoms with van der Waals surface area (Å²) < 4.78 is 0. The maximum Gasteiger partial charge on any atom is 0.191 e. The molecule has 2 unspecified atom stereocenters. The Balaban J connectivity index is 0.00000225. The quantitative estimate of drug-likeness (QED) is 0.401. The molecule has 7 heteroatoms. The van der Waals surface area contributed by atoms with Crippen molar-refractivity contribution in [3.05, 3.63) is 23.9 Å². The second kappa shape index (κ2) is 9.02. The molecule has 1 saturated carbocycles. The second-order valence-electron chi connectivity index (χ2n) is 7.22. The molecular weight excluding hydrogens is 427 g/mol. The molecule has 2 atom stereocenters. The van der Waals surface area contributed by atoms with Crippen LogP contribution in [-0.4, -0.2) is 62.2 Å². The van der Waals surface area contributed by atoms with Crippen LogP contribution in [0.2, 0.25) is 0 Å². The Bertz CT molecular complexity index is 587. The fraction of sp³-hybridized carbons (Fsp3) is 0.667. The molecule has 1 aromatic heterocycles. The van der Waals surface area contributed by atoms with Crippen LogP contribution in [0.25, 0.3) is 0 Å². The van der Waals surface area contributed by atoms with Crippen molar-refractivity contribution in [2.75, 3.05) is 39.1 Å². The Labute approximate surface area is 168 Å². The minimum atomic E-state index is 0. The van der Waals surface area contributed by atoms with Gasteiger partial charge in [-0.1, -0.05) is 13.0 Å². The number of nitrogens with one attached hydrogen (secondary N) is 2. The highest BCUT2D eigenvalue weighted by atomic mass is 127. The molecule has 0 aromatic carbocycles. The number of nitrogens with zero attached hydrogens (tertiary/aromatic N) is 4. The minimum Gasteiger partial charge on any atom is -0.363 e. The monoisotopic (exact) mass is 458 g/mol. The van der Waals surface area contributed by atoms with Gasteiger partial charge >= 0.3 is 0 Å². The third kappa shape index (κ3) is 5.44. The summed E-state index contributed by atoms with van der Waals surface area (Å²) in [6, 6.07) is 7.41. The molecule has 0 bridgehead atoms. The number of rotatable bonds is 5. The average Bonchev–Trinajstić information content (AvgIpc) is 3.36. The first kappa shape index (κ1) is 20.2. The number of likely N-dealkylation sites (tertiary alicyclic amines) is 1. The van der Waals surface area contributed by atoms with Gasteiger partial charge in [0.25, 0.3) is 0 Å². The molecule has 0 radical (unpaired) electrons. The number of anilines is 1. The summed E-state index contributed by atoms with van der Waals surface area (Å²) in [6.45, 7) is 5.33. The first-order chi connectivity index (χ1) is 11.6. The van der Waals surface area contributed by atoms with Crippen molar-refractivity contribution in [2.45, 2.75) is 38.4 Å². The van der Waals surface area contributed by atoms with Crippen molar-refractivity contribution in [1.82, 2.24) is 20.5 Å². The summed E-state index contributed by atoms with van der Waals surface area (Å²) in [5, 5.41) is 6.99. The minimum absolute atomic E-state index is 0. The fourth-order valence-electron chi connectivity index (χ4n) is 3.29. The molecule has 1 saturated heterocycles. The number of guanidine groups is 1. The average molecular weight is 458 g/mol. The molecule has 2 aliphatic rings. The van der Waals surface area contributed by atoms with Gasteiger partial charge in [-0.3, -0.25) is 9.89 Å². The molecule has 2 fully saturated rings. The van der Waals surface area contributed by atoms with Gasteiger partial charge in [-0.05, 0) is 30.9 Å². The van der Waals surface area contributed by atoms with Crippen LogP contribution < -0.4 is 15.5 Å². The molecule has 1 aromatic rings. The predicted octanol–water partition coefficient (Wildman–Crippen LogP) is 1.91. The molecule has 25 heavy (non-hydrogen) atoms. The van der Waals surface area contributed by atoms with Crippen molar-refractivity contribution in [3.8, 4) is 0 Å². The van der Waals surface area contributed by atoms with Crippen molar-refractivity contribution >= 4 is 35.8 Å². The van der Waals surface area contributed by atoms with Gasteiger partial charge in [0.05, 0.1) is 12.2 Å². The highest BCUT2D eigenvalue weighted by Crippen LogP contribution is 2.31. The van der Waals surface area contributed by atoms with E-state index in [4.69, 9.17) is 0 Å². The third-order valence-corrected chi connectivity index (χ3v) is 4.94. The topological polar surface area (TPSA) is 55.8 Å². The maximum atomic E-state index is 4.64. The lowest BCUT2D eigenvalue weighted by atomic mass is 10.1. The van der Waals surface area contributed by atoms with E-state index >= 15 is 0 Å². The molecule has 1 aliphatic carbocycles. The number of hydrogen-bond acceptors (Lipinski definition) is 4. The van der Waals surface area contributed by atoms with Crippen molar-refractivity contribution < 1.29 is 0 Å². The lowest BCUT2D eigenvalue weighted by molar-refractivity contribution is 0.315. The molecule has 0 spiro atoms. The summed E-state index contributed by atoms with van der Waals surface area (Å²) in [4.78, 5) is 13.7. The molecule has 0 amide bonds. The van der Waals surface area contributed by atoms with E-state index in [-0.39, 0.29) is 24.0 Å². The number of halogens is 1. The van der Waals surface area contributed by atoms with Crippen molar-refractivity contribution in [3.63, 3.8) is 0 Å². The summed E-state index contributed by atoms with van der Waals surface area (Å²) in [5.74, 6) is 2.49. The number of aliphatic imine (C=N–C) groups is 1. The SMILES string of the molecule is CN=C(NCc1cccc(N(C)C)n1)NC1CN(C2CC2)CC1C.I. The Hall–Kier alpha value is -1.09. The van der Waals surface area contributed by atoms with Gasteiger partial charge in [-0.15, -0.1) is 24.0 Å². The number of hydrogen-bond donors (Lipinski definition) is 2. The zero-order valence-corrected chi connectivity index (χ0v) is 18.0. The second-order valence-corrected chi connectivity index (χ2v) is 7.22. The lowest BCUT2D eigenvalue weighted by Crippen LogP contribution is -2.46. The fourth-order valence-corrected chi connectivity index (χ4v) is 3.29. The van der Waals surface area contributed by atoms with Crippen LogP contribution in [0.5, 0.6) is 0 Å². The zero-order valence-electron chi connectivity index (χ0n) is 15.7. The normalized spacial score (nSPS) is 23.9. The van der Waals surface area contributed by atoms with Crippen molar-refractivity contribution in [1.29, 1.82) is 0 Å². The first-order valence-electron chi connectivity index (χ1n) is 8.91. The highest BCUT2D eigenvalue weighted by Gasteiger charge is 2.38. The number of aromatic nitrogens is 1. The zero-order chi connectivity index (χ0) is 17.1. The Morgan fingerprint density at radius 1 is 1.32 bits per heavy atom. The van der Waals surface area contributed by atoms with Crippen LogP contribution >= 0.6 is 24.0 Å². The summed E-state index contributed by atoms with van der Waals surface area (Å²) in [6.07, 6.45) is 2.75. The van der Waals surface area contributed by atoms with Gasteiger partial charge in [-0.2, -0.15) is 0 Å². The van der Waals surface area contributed by atoms with Crippen LogP contribution in [0.3, 0.4) is 0 Å². The summed E-state index contributed by atoms with van der Waals surface area (Å²) in [7, 11) is 5.84. The van der Waals surface area contributed by atoms with Crippen LogP contribution in [0.15, 0.2) is 23.2 Å². The summed E-state index contributed by atoms with van der Waals surface area (Å²) in [5.41, 5.74) is 1.02. The third-order valence-electron chi connectivity index (χ3n) is 4.94. The smallest absolute Gasteiger partial charge is 0.191 e. The predicted molar refractivity (Wildman–Crippen MR) is 115 cm³/mol. The molecule has 2 heterocycles. The largest absolute Gasteiger partial charge is 0.363 e. The Morgan fingerprint density at radius 3 is 2.72 bits per heavy atom. The van der Waals surface area contributed by atoms with Gasteiger partial charge in [0.2, 0.25) is 0 Å². The molecule has 3 rings (SSSR count). The molecule has 1 aliphatic heterocycles. The summed E-state index contributed by atoms with van der Waals surface area (Å²) >= 11 is 0. The van der Waals surface area contributed by atoms with Gasteiger partial charge in [-0.25, -0.2) is 4.98 Å². The van der Waals surface area contributed by atoms with Crippen LogP contribution in [-0.2, 0) is 6.54 Å². The molecule has 2 N–H and O–H groups in total. The maximum absolute atomic E-state index is 4.64. The van der Waals surface area contributed by atoms with E-state index < -0.39 is 0 Å². The van der Waals surface area contributed by atoms with E-state index in [0.29, 0.717) is 18.5 Å².